The van der Waals surface area contributed by atoms with Crippen LogP contribution in [0.5, 0.6) is 0 Å². The Labute approximate surface area is 64.2 Å². The number of aromatic nitrogens is 2. The second kappa shape index (κ2) is 2.84. The van der Waals surface area contributed by atoms with E-state index in [1.54, 1.807) is 6.07 Å². The van der Waals surface area contributed by atoms with E-state index in [0.29, 0.717) is 10.8 Å². The lowest BCUT2D eigenvalue weighted by molar-refractivity contribution is 0.926. The van der Waals surface area contributed by atoms with Crippen molar-refractivity contribution in [1.29, 1.82) is 0 Å². The largest absolute Gasteiger partial charge is 0.381 e. The molecule has 0 aliphatic heterocycles. The van der Waals surface area contributed by atoms with Gasteiger partial charge in [0.1, 0.15) is 0 Å². The Morgan fingerprint density at radius 1 is 1.60 bits per heavy atom. The molecule has 0 saturated heterocycles. The number of aryl methyl sites for hydroxylation is 1. The molecule has 10 heavy (non-hydrogen) atoms. The van der Waals surface area contributed by atoms with Crippen molar-refractivity contribution in [1.82, 2.24) is 10.2 Å². The van der Waals surface area contributed by atoms with Crippen LogP contribution in [0.15, 0.2) is 6.07 Å². The first-order chi connectivity index (χ1) is 4.74. The lowest BCUT2D eigenvalue weighted by Gasteiger charge is -1.96. The number of nitrogens with zero attached hydrogens (tertiary/aromatic N) is 2. The molecule has 1 rings (SSSR count). The first-order valence-electron chi connectivity index (χ1n) is 3.01. The Hall–Kier alpha value is -0.830. The zero-order valence-electron chi connectivity index (χ0n) is 5.63. The standard InChI is InChI=1S/C6H8ClN3/c1-2-4-3-5(7)6(8)10-9-4/h3H,2H2,1H3,(H2,8,10). The van der Waals surface area contributed by atoms with Crippen molar-refractivity contribution < 1.29 is 0 Å². The van der Waals surface area contributed by atoms with Crippen molar-refractivity contribution in [3.8, 4) is 0 Å². The summed E-state index contributed by atoms with van der Waals surface area (Å²) in [5.74, 6) is 0.291. The van der Waals surface area contributed by atoms with Gasteiger partial charge in [0.25, 0.3) is 0 Å². The summed E-state index contributed by atoms with van der Waals surface area (Å²) in [5, 5.41) is 7.92. The minimum atomic E-state index is 0.291. The van der Waals surface area contributed by atoms with E-state index in [2.05, 4.69) is 10.2 Å². The number of nitrogens with two attached hydrogens (primary N) is 1. The number of hydrogen-bond acceptors (Lipinski definition) is 3. The average Bonchev–Trinajstić information content (AvgIpc) is 1.95. The summed E-state index contributed by atoms with van der Waals surface area (Å²) >= 11 is 5.67. The van der Waals surface area contributed by atoms with Crippen molar-refractivity contribution in [2.75, 3.05) is 5.73 Å². The second-order valence-corrected chi connectivity index (χ2v) is 2.33. The van der Waals surface area contributed by atoms with Gasteiger partial charge < -0.3 is 5.73 Å². The van der Waals surface area contributed by atoms with E-state index < -0.39 is 0 Å². The number of anilines is 1. The van der Waals surface area contributed by atoms with Gasteiger partial charge in [-0.05, 0) is 12.5 Å². The van der Waals surface area contributed by atoms with E-state index in [4.69, 9.17) is 17.3 Å². The fourth-order valence-electron chi connectivity index (χ4n) is 0.588. The van der Waals surface area contributed by atoms with Gasteiger partial charge in [0, 0.05) is 0 Å². The summed E-state index contributed by atoms with van der Waals surface area (Å²) < 4.78 is 0. The Morgan fingerprint density at radius 3 is 2.80 bits per heavy atom. The highest BCUT2D eigenvalue weighted by molar-refractivity contribution is 6.32. The molecule has 0 aromatic carbocycles. The van der Waals surface area contributed by atoms with E-state index >= 15 is 0 Å². The Morgan fingerprint density at radius 2 is 2.30 bits per heavy atom. The predicted octanol–water partition coefficient (Wildman–Crippen LogP) is 1.27. The Balaban J connectivity index is 3.04. The molecule has 0 bridgehead atoms. The zero-order valence-corrected chi connectivity index (χ0v) is 6.39. The van der Waals surface area contributed by atoms with Crippen molar-refractivity contribution in [3.05, 3.63) is 16.8 Å². The molecule has 4 heteroatoms. The maximum absolute atomic E-state index is 5.67. The molecule has 0 spiro atoms. The second-order valence-electron chi connectivity index (χ2n) is 1.92. The molecule has 0 aliphatic rings. The van der Waals surface area contributed by atoms with Crippen molar-refractivity contribution >= 4 is 17.4 Å². The monoisotopic (exact) mass is 157 g/mol. The van der Waals surface area contributed by atoms with Crippen LogP contribution in [0.1, 0.15) is 12.6 Å². The molecule has 54 valence electrons. The van der Waals surface area contributed by atoms with Crippen LogP contribution in [0, 0.1) is 0 Å². The normalized spacial score (nSPS) is 9.80. The van der Waals surface area contributed by atoms with Crippen molar-refractivity contribution in [3.63, 3.8) is 0 Å². The van der Waals surface area contributed by atoms with Crippen LogP contribution in [0.2, 0.25) is 5.02 Å². The molecular weight excluding hydrogens is 150 g/mol. The van der Waals surface area contributed by atoms with Crippen LogP contribution >= 0.6 is 11.6 Å². The highest BCUT2D eigenvalue weighted by Crippen LogP contribution is 2.14. The lowest BCUT2D eigenvalue weighted by Crippen LogP contribution is -1.97. The van der Waals surface area contributed by atoms with Gasteiger partial charge >= 0.3 is 0 Å². The molecule has 0 fully saturated rings. The maximum atomic E-state index is 5.67. The fourth-order valence-corrected chi connectivity index (χ4v) is 0.751. The maximum Gasteiger partial charge on any atom is 0.164 e. The summed E-state index contributed by atoms with van der Waals surface area (Å²) in [4.78, 5) is 0. The summed E-state index contributed by atoms with van der Waals surface area (Å²) in [7, 11) is 0. The molecule has 0 saturated carbocycles. The number of nitrogen functional groups attached to an aromatic ring is 1. The molecule has 0 unspecified atom stereocenters. The van der Waals surface area contributed by atoms with Crippen LogP contribution < -0.4 is 5.73 Å². The molecular formula is C6H8ClN3. The quantitative estimate of drug-likeness (QED) is 0.668. The first kappa shape index (κ1) is 7.28. The SMILES string of the molecule is CCc1cc(Cl)c(N)nn1. The van der Waals surface area contributed by atoms with Crippen LogP contribution in [0.25, 0.3) is 0 Å². The van der Waals surface area contributed by atoms with Crippen LogP contribution in [0.3, 0.4) is 0 Å². The molecule has 1 aromatic rings. The third-order valence-corrected chi connectivity index (χ3v) is 1.49. The van der Waals surface area contributed by atoms with Gasteiger partial charge in [-0.3, -0.25) is 0 Å². The minimum absolute atomic E-state index is 0.291. The first-order valence-corrected chi connectivity index (χ1v) is 3.39. The van der Waals surface area contributed by atoms with E-state index in [1.165, 1.54) is 0 Å². The summed E-state index contributed by atoms with van der Waals surface area (Å²) in [6.45, 7) is 1.98. The van der Waals surface area contributed by atoms with Gasteiger partial charge in [-0.2, -0.15) is 5.10 Å². The molecule has 2 N–H and O–H groups in total. The highest BCUT2D eigenvalue weighted by atomic mass is 35.5. The summed E-state index contributed by atoms with van der Waals surface area (Å²) in [6, 6.07) is 1.73. The fraction of sp³-hybridized carbons (Fsp3) is 0.333. The van der Waals surface area contributed by atoms with Crippen LogP contribution in [-0.4, -0.2) is 10.2 Å². The third kappa shape index (κ3) is 1.36. The summed E-state index contributed by atoms with van der Waals surface area (Å²) in [6.07, 6.45) is 0.826. The van der Waals surface area contributed by atoms with Gasteiger partial charge in [0.15, 0.2) is 5.82 Å². The van der Waals surface area contributed by atoms with Crippen LogP contribution in [0.4, 0.5) is 5.82 Å². The van der Waals surface area contributed by atoms with E-state index in [9.17, 15) is 0 Å². The predicted molar refractivity (Wildman–Crippen MR) is 40.8 cm³/mol. The number of halogens is 1. The van der Waals surface area contributed by atoms with Gasteiger partial charge in [0.2, 0.25) is 0 Å². The minimum Gasteiger partial charge on any atom is -0.381 e. The summed E-state index contributed by atoms with van der Waals surface area (Å²) in [5.41, 5.74) is 6.20. The van der Waals surface area contributed by atoms with E-state index in [-0.39, 0.29) is 0 Å². The van der Waals surface area contributed by atoms with Gasteiger partial charge in [0.05, 0.1) is 10.7 Å². The molecule has 1 heterocycles. The molecule has 1 aromatic heterocycles. The highest BCUT2D eigenvalue weighted by Gasteiger charge is 1.98. The van der Waals surface area contributed by atoms with E-state index in [1.807, 2.05) is 6.92 Å². The average molecular weight is 158 g/mol. The molecule has 0 radical (unpaired) electrons. The lowest BCUT2D eigenvalue weighted by atomic mass is 10.3. The number of hydrogen-bond donors (Lipinski definition) is 1. The zero-order chi connectivity index (χ0) is 7.56. The molecule has 0 atom stereocenters. The van der Waals surface area contributed by atoms with Crippen molar-refractivity contribution in [2.24, 2.45) is 0 Å². The smallest absolute Gasteiger partial charge is 0.164 e. The van der Waals surface area contributed by atoms with Crippen LogP contribution in [-0.2, 0) is 6.42 Å². The molecule has 0 aliphatic carbocycles. The van der Waals surface area contributed by atoms with Gasteiger partial charge in [-0.1, -0.05) is 18.5 Å². The number of rotatable bonds is 1. The Bertz CT molecular complexity index is 236. The third-order valence-electron chi connectivity index (χ3n) is 1.19. The van der Waals surface area contributed by atoms with Gasteiger partial charge in [-0.15, -0.1) is 5.10 Å². The van der Waals surface area contributed by atoms with E-state index in [0.717, 1.165) is 12.1 Å². The molecule has 3 nitrogen and oxygen atoms in total. The molecule has 0 amide bonds. The topological polar surface area (TPSA) is 51.8 Å². The van der Waals surface area contributed by atoms with Crippen molar-refractivity contribution in [2.45, 2.75) is 13.3 Å². The van der Waals surface area contributed by atoms with Gasteiger partial charge in [-0.25, -0.2) is 0 Å². The Kier molecular flexibility index (Phi) is 2.06.